The summed E-state index contributed by atoms with van der Waals surface area (Å²) in [6, 6.07) is 6.57. The number of thiophene rings is 2. The monoisotopic (exact) mass is 331 g/mol. The lowest BCUT2D eigenvalue weighted by Gasteiger charge is -2.33. The van der Waals surface area contributed by atoms with Gasteiger partial charge in [-0.2, -0.15) is 11.3 Å². The predicted octanol–water partition coefficient (Wildman–Crippen LogP) is 4.59. The van der Waals surface area contributed by atoms with Gasteiger partial charge in [0, 0.05) is 22.4 Å². The van der Waals surface area contributed by atoms with Gasteiger partial charge in [0.25, 0.3) is 0 Å². The summed E-state index contributed by atoms with van der Waals surface area (Å²) in [6.45, 7) is 2.07. The number of nitrogens with zero attached hydrogens (tertiary/aromatic N) is 3. The van der Waals surface area contributed by atoms with Crippen molar-refractivity contribution in [2.24, 2.45) is 0 Å². The molecule has 0 bridgehead atoms. The van der Waals surface area contributed by atoms with Crippen LogP contribution in [0.3, 0.4) is 0 Å². The Labute approximate surface area is 137 Å². The van der Waals surface area contributed by atoms with E-state index in [1.54, 1.807) is 11.3 Å². The lowest BCUT2D eigenvalue weighted by molar-refractivity contribution is 0.119. The third-order valence-electron chi connectivity index (χ3n) is 4.05. The van der Waals surface area contributed by atoms with Gasteiger partial charge in [0.05, 0.1) is 6.04 Å². The molecule has 0 saturated carbocycles. The molecule has 4 heterocycles. The first-order valence-corrected chi connectivity index (χ1v) is 9.35. The Morgan fingerprint density at radius 3 is 3.05 bits per heavy atom. The number of rotatable bonds is 4. The van der Waals surface area contributed by atoms with Gasteiger partial charge in [-0.1, -0.05) is 12.5 Å². The molecular weight excluding hydrogens is 314 g/mol. The second-order valence-corrected chi connectivity index (χ2v) is 7.33. The molecule has 6 heteroatoms. The second kappa shape index (κ2) is 6.32. The van der Waals surface area contributed by atoms with Crippen LogP contribution in [-0.4, -0.2) is 21.6 Å². The number of likely N-dealkylation sites (tertiary alicyclic amines) is 1. The molecule has 0 unspecified atom stereocenters. The highest BCUT2D eigenvalue weighted by molar-refractivity contribution is 7.09. The zero-order chi connectivity index (χ0) is 14.8. The van der Waals surface area contributed by atoms with Crippen molar-refractivity contribution in [3.63, 3.8) is 0 Å². The highest BCUT2D eigenvalue weighted by atomic mass is 32.1. The quantitative estimate of drug-likeness (QED) is 0.701. The summed E-state index contributed by atoms with van der Waals surface area (Å²) in [4.78, 5) is 3.87. The van der Waals surface area contributed by atoms with Gasteiger partial charge in [0.2, 0.25) is 11.8 Å². The topological polar surface area (TPSA) is 42.2 Å². The van der Waals surface area contributed by atoms with E-state index in [1.165, 1.54) is 17.7 Å². The fourth-order valence-corrected chi connectivity index (χ4v) is 4.29. The average molecular weight is 331 g/mol. The van der Waals surface area contributed by atoms with Gasteiger partial charge in [-0.15, -0.1) is 21.5 Å². The van der Waals surface area contributed by atoms with Gasteiger partial charge < -0.3 is 4.42 Å². The molecule has 1 atom stereocenters. The molecule has 0 radical (unpaired) electrons. The molecule has 3 aromatic rings. The molecule has 114 valence electrons. The Balaban J connectivity index is 1.56. The Bertz CT molecular complexity index is 706. The van der Waals surface area contributed by atoms with Crippen LogP contribution in [-0.2, 0) is 6.54 Å². The van der Waals surface area contributed by atoms with Crippen LogP contribution < -0.4 is 0 Å². The van der Waals surface area contributed by atoms with Crippen LogP contribution in [0.25, 0.3) is 11.5 Å². The first kappa shape index (κ1) is 14.1. The van der Waals surface area contributed by atoms with E-state index >= 15 is 0 Å². The van der Waals surface area contributed by atoms with Gasteiger partial charge in [0.1, 0.15) is 0 Å². The Kier molecular flexibility index (Phi) is 4.05. The second-order valence-electron chi connectivity index (χ2n) is 5.52. The molecule has 0 aliphatic carbocycles. The summed E-state index contributed by atoms with van der Waals surface area (Å²) in [5.74, 6) is 1.40. The van der Waals surface area contributed by atoms with E-state index in [2.05, 4.69) is 32.6 Å². The molecule has 0 amide bonds. The van der Waals surface area contributed by atoms with Crippen LogP contribution in [0.1, 0.15) is 36.1 Å². The molecule has 22 heavy (non-hydrogen) atoms. The number of aromatic nitrogens is 2. The van der Waals surface area contributed by atoms with Gasteiger partial charge in [0.15, 0.2) is 0 Å². The maximum Gasteiger partial charge on any atom is 0.248 e. The summed E-state index contributed by atoms with van der Waals surface area (Å²) in [5.41, 5.74) is 1.02. The van der Waals surface area contributed by atoms with Crippen LogP contribution >= 0.6 is 22.7 Å². The SMILES string of the molecule is c1csc(CN2CCCC[C@H]2c2nnc(-c3ccsc3)o2)c1. The minimum absolute atomic E-state index is 0.246. The highest BCUT2D eigenvalue weighted by Crippen LogP contribution is 2.33. The van der Waals surface area contributed by atoms with Crippen molar-refractivity contribution in [1.82, 2.24) is 15.1 Å². The summed E-state index contributed by atoms with van der Waals surface area (Å²) >= 11 is 3.46. The smallest absolute Gasteiger partial charge is 0.248 e. The van der Waals surface area contributed by atoms with Crippen LogP contribution in [0.5, 0.6) is 0 Å². The summed E-state index contributed by atoms with van der Waals surface area (Å²) < 4.78 is 5.96. The molecule has 1 aliphatic rings. The van der Waals surface area contributed by atoms with Gasteiger partial charge in [-0.3, -0.25) is 4.90 Å². The van der Waals surface area contributed by atoms with E-state index in [0.29, 0.717) is 5.89 Å². The maximum absolute atomic E-state index is 5.96. The molecule has 1 aliphatic heterocycles. The zero-order valence-electron chi connectivity index (χ0n) is 12.1. The van der Waals surface area contributed by atoms with Gasteiger partial charge in [-0.05, 0) is 42.3 Å². The van der Waals surface area contributed by atoms with Crippen LogP contribution in [0, 0.1) is 0 Å². The lowest BCUT2D eigenvalue weighted by atomic mass is 10.0. The van der Waals surface area contributed by atoms with Crippen LogP contribution in [0.4, 0.5) is 0 Å². The van der Waals surface area contributed by atoms with E-state index < -0.39 is 0 Å². The molecule has 0 N–H and O–H groups in total. The number of piperidine rings is 1. The summed E-state index contributed by atoms with van der Waals surface area (Å²) in [5, 5.41) is 14.8. The number of hydrogen-bond donors (Lipinski definition) is 0. The van der Waals surface area contributed by atoms with Crippen molar-refractivity contribution in [2.45, 2.75) is 31.8 Å². The predicted molar refractivity (Wildman–Crippen MR) is 88.9 cm³/mol. The molecule has 1 fully saturated rings. The third-order valence-corrected chi connectivity index (χ3v) is 5.59. The normalized spacial score (nSPS) is 19.5. The standard InChI is InChI=1S/C16H17N3OS2/c1-2-7-19(10-13-4-3-8-22-13)14(5-1)16-18-17-15(20-16)12-6-9-21-11-12/h3-4,6,8-9,11,14H,1-2,5,7,10H2/t14-/m0/s1. The molecule has 0 spiro atoms. The minimum Gasteiger partial charge on any atom is -0.419 e. The van der Waals surface area contributed by atoms with Crippen molar-refractivity contribution in [1.29, 1.82) is 0 Å². The third kappa shape index (κ3) is 2.86. The minimum atomic E-state index is 0.246. The van der Waals surface area contributed by atoms with Crippen molar-refractivity contribution in [3.8, 4) is 11.5 Å². The molecule has 4 nitrogen and oxygen atoms in total. The lowest BCUT2D eigenvalue weighted by Crippen LogP contribution is -2.32. The van der Waals surface area contributed by atoms with E-state index in [9.17, 15) is 0 Å². The average Bonchev–Trinajstić information content (AvgIpc) is 3.30. The fourth-order valence-electron chi connectivity index (χ4n) is 2.93. The number of hydrogen-bond acceptors (Lipinski definition) is 6. The van der Waals surface area contributed by atoms with Crippen molar-refractivity contribution in [2.75, 3.05) is 6.54 Å². The Morgan fingerprint density at radius 2 is 2.23 bits per heavy atom. The first-order valence-electron chi connectivity index (χ1n) is 7.52. The Hall–Kier alpha value is -1.50. The van der Waals surface area contributed by atoms with Crippen molar-refractivity contribution in [3.05, 3.63) is 45.1 Å². The first-order chi connectivity index (χ1) is 10.9. The van der Waals surface area contributed by atoms with E-state index in [1.807, 2.05) is 28.2 Å². The molecule has 3 aromatic heterocycles. The van der Waals surface area contributed by atoms with Crippen LogP contribution in [0.2, 0.25) is 0 Å². The van der Waals surface area contributed by atoms with Crippen molar-refractivity contribution < 1.29 is 4.42 Å². The molecule has 4 rings (SSSR count). The van der Waals surface area contributed by atoms with Crippen molar-refractivity contribution >= 4 is 22.7 Å². The summed E-state index contributed by atoms with van der Waals surface area (Å²) in [6.07, 6.45) is 3.56. The van der Waals surface area contributed by atoms with Gasteiger partial charge in [-0.25, -0.2) is 0 Å². The van der Waals surface area contributed by atoms with E-state index in [4.69, 9.17) is 4.42 Å². The molecule has 0 aromatic carbocycles. The highest BCUT2D eigenvalue weighted by Gasteiger charge is 2.29. The zero-order valence-corrected chi connectivity index (χ0v) is 13.8. The Morgan fingerprint density at radius 1 is 1.23 bits per heavy atom. The maximum atomic E-state index is 5.96. The van der Waals surface area contributed by atoms with E-state index in [-0.39, 0.29) is 6.04 Å². The fraction of sp³-hybridized carbons (Fsp3) is 0.375. The largest absolute Gasteiger partial charge is 0.419 e. The van der Waals surface area contributed by atoms with Crippen LogP contribution in [0.15, 0.2) is 38.8 Å². The summed E-state index contributed by atoms with van der Waals surface area (Å²) in [7, 11) is 0. The van der Waals surface area contributed by atoms with E-state index in [0.717, 1.165) is 31.0 Å². The molecular formula is C16H17N3OS2. The molecule has 1 saturated heterocycles. The van der Waals surface area contributed by atoms with Gasteiger partial charge >= 0.3 is 0 Å².